The number of hydrogen-bond donors (Lipinski definition) is 0. The number of carbonyl (C=O) groups is 1. The molecule has 1 unspecified atom stereocenters. The molecule has 2 rings (SSSR count). The van der Waals surface area contributed by atoms with Gasteiger partial charge in [0.1, 0.15) is 5.78 Å². The van der Waals surface area contributed by atoms with Crippen molar-refractivity contribution in [1.29, 1.82) is 0 Å². The normalized spacial score (nSPS) is 37.6. The zero-order valence-electron chi connectivity index (χ0n) is 17.2. The van der Waals surface area contributed by atoms with Gasteiger partial charge in [-0.1, -0.05) is 48.5 Å². The summed E-state index contributed by atoms with van der Waals surface area (Å²) in [4.78, 5) is 13.4. The molecule has 2 fully saturated rings. The van der Waals surface area contributed by atoms with Crippen LogP contribution in [0.2, 0.25) is 18.1 Å². The molecule has 0 aliphatic heterocycles. The fourth-order valence-corrected chi connectivity index (χ4v) is 8.52. The quantitative estimate of drug-likeness (QED) is 0.543. The van der Waals surface area contributed by atoms with E-state index in [0.29, 0.717) is 23.5 Å². The van der Waals surface area contributed by atoms with Crippen molar-refractivity contribution in [3.05, 3.63) is 0 Å². The van der Waals surface area contributed by atoms with Crippen molar-refractivity contribution < 1.29 is 9.22 Å². The van der Waals surface area contributed by atoms with Crippen LogP contribution in [0.3, 0.4) is 0 Å². The molecular weight excluding hydrogens is 312 g/mol. The summed E-state index contributed by atoms with van der Waals surface area (Å²) in [6.45, 7) is 16.1. The molecule has 0 radical (unpaired) electrons. The largest absolute Gasteiger partial charge is 0.413 e. The molecule has 5 atom stereocenters. The predicted molar refractivity (Wildman–Crippen MR) is 105 cm³/mol. The number of rotatable bonds is 6. The van der Waals surface area contributed by atoms with Crippen LogP contribution >= 0.6 is 0 Å². The average molecular weight is 353 g/mol. The van der Waals surface area contributed by atoms with Gasteiger partial charge in [0.15, 0.2) is 8.32 Å². The molecule has 0 bridgehead atoms. The SMILES string of the molecule is CC[Si](CC)(CC)O[C@H]1[C@@H](C(C)C)CC[C@H](C)[C@@]12CCC(C)C2=O. The van der Waals surface area contributed by atoms with E-state index < -0.39 is 8.32 Å². The molecule has 0 aromatic rings. The van der Waals surface area contributed by atoms with E-state index in [1.165, 1.54) is 31.0 Å². The lowest BCUT2D eigenvalue weighted by atomic mass is 9.58. The standard InChI is InChI=1S/C21H40O2Si/c1-8-24(9-2,10-3)23-20-18(15(4)5)12-11-17(7)21(20)14-13-16(6)19(21)22/h15-18,20H,8-14H2,1-7H3/t16?,17-,18+,20-,21+/m0/s1. The Balaban J connectivity index is 2.46. The highest BCUT2D eigenvalue weighted by molar-refractivity contribution is 6.73. The average Bonchev–Trinajstić information content (AvgIpc) is 2.86. The Hall–Kier alpha value is -0.153. The minimum absolute atomic E-state index is 0.171. The van der Waals surface area contributed by atoms with Crippen molar-refractivity contribution >= 4 is 14.1 Å². The molecule has 2 nitrogen and oxygen atoms in total. The second-order valence-corrected chi connectivity index (χ2v) is 13.7. The minimum atomic E-state index is -1.72. The van der Waals surface area contributed by atoms with E-state index >= 15 is 0 Å². The Kier molecular flexibility index (Phi) is 6.40. The Morgan fingerprint density at radius 3 is 2.08 bits per heavy atom. The molecule has 2 saturated carbocycles. The Bertz CT molecular complexity index is 435. The molecule has 2 aliphatic rings. The van der Waals surface area contributed by atoms with E-state index in [4.69, 9.17) is 4.43 Å². The van der Waals surface area contributed by atoms with Crippen molar-refractivity contribution in [2.24, 2.45) is 29.1 Å². The molecule has 0 heterocycles. The van der Waals surface area contributed by atoms with Crippen molar-refractivity contribution in [2.75, 3.05) is 0 Å². The van der Waals surface area contributed by atoms with E-state index in [9.17, 15) is 4.79 Å². The molecule has 3 heteroatoms. The van der Waals surface area contributed by atoms with E-state index in [0.717, 1.165) is 12.8 Å². The van der Waals surface area contributed by atoms with Crippen molar-refractivity contribution in [3.8, 4) is 0 Å². The summed E-state index contributed by atoms with van der Waals surface area (Å²) in [7, 11) is -1.72. The van der Waals surface area contributed by atoms with Gasteiger partial charge in [0.2, 0.25) is 0 Å². The highest BCUT2D eigenvalue weighted by atomic mass is 28.4. The second kappa shape index (κ2) is 7.61. The van der Waals surface area contributed by atoms with Crippen molar-refractivity contribution in [2.45, 2.75) is 98.4 Å². The van der Waals surface area contributed by atoms with Crippen LogP contribution in [0.5, 0.6) is 0 Å². The van der Waals surface area contributed by atoms with Crippen LogP contribution in [-0.2, 0) is 9.22 Å². The Labute approximate surface area is 151 Å². The summed E-state index contributed by atoms with van der Waals surface area (Å²) in [5, 5.41) is 0. The van der Waals surface area contributed by atoms with Gasteiger partial charge >= 0.3 is 0 Å². The van der Waals surface area contributed by atoms with Crippen LogP contribution in [0.1, 0.15) is 74.1 Å². The minimum Gasteiger partial charge on any atom is -0.413 e. The molecular formula is C21H40O2Si. The summed E-state index contributed by atoms with van der Waals surface area (Å²) in [5.41, 5.74) is -0.190. The highest BCUT2D eigenvalue weighted by Crippen LogP contribution is 2.56. The number of hydrogen-bond acceptors (Lipinski definition) is 2. The van der Waals surface area contributed by atoms with Crippen LogP contribution in [0, 0.1) is 29.1 Å². The first-order chi connectivity index (χ1) is 11.3. The smallest absolute Gasteiger partial charge is 0.192 e. The van der Waals surface area contributed by atoms with Gasteiger partial charge in [0.25, 0.3) is 0 Å². The maximum Gasteiger partial charge on any atom is 0.192 e. The third-order valence-corrected chi connectivity index (χ3v) is 12.4. The number of ketones is 1. The second-order valence-electron chi connectivity index (χ2n) is 9.01. The van der Waals surface area contributed by atoms with Crippen LogP contribution in [0.15, 0.2) is 0 Å². The summed E-state index contributed by atoms with van der Waals surface area (Å²) >= 11 is 0. The maximum absolute atomic E-state index is 13.4. The van der Waals surface area contributed by atoms with Crippen LogP contribution in [-0.4, -0.2) is 20.2 Å². The third kappa shape index (κ3) is 3.16. The highest BCUT2D eigenvalue weighted by Gasteiger charge is 2.60. The van der Waals surface area contributed by atoms with Crippen LogP contribution in [0.4, 0.5) is 0 Å². The number of carbonyl (C=O) groups excluding carboxylic acids is 1. The lowest BCUT2D eigenvalue weighted by molar-refractivity contribution is -0.148. The molecule has 0 aromatic heterocycles. The maximum atomic E-state index is 13.4. The zero-order chi connectivity index (χ0) is 18.1. The van der Waals surface area contributed by atoms with Gasteiger partial charge in [-0.15, -0.1) is 0 Å². The van der Waals surface area contributed by atoms with Crippen LogP contribution < -0.4 is 0 Å². The Morgan fingerprint density at radius 2 is 1.67 bits per heavy atom. The monoisotopic (exact) mass is 352 g/mol. The molecule has 2 aliphatic carbocycles. The van der Waals surface area contributed by atoms with Crippen molar-refractivity contribution in [1.82, 2.24) is 0 Å². The molecule has 0 N–H and O–H groups in total. The lowest BCUT2D eigenvalue weighted by Crippen LogP contribution is -2.58. The van der Waals surface area contributed by atoms with E-state index in [2.05, 4.69) is 48.5 Å². The molecule has 140 valence electrons. The fourth-order valence-electron chi connectivity index (χ4n) is 5.60. The topological polar surface area (TPSA) is 26.3 Å². The van der Waals surface area contributed by atoms with Gasteiger partial charge in [0, 0.05) is 5.92 Å². The van der Waals surface area contributed by atoms with Gasteiger partial charge in [0.05, 0.1) is 11.5 Å². The van der Waals surface area contributed by atoms with Gasteiger partial charge in [-0.2, -0.15) is 0 Å². The summed E-state index contributed by atoms with van der Waals surface area (Å²) in [6, 6.07) is 3.53. The molecule has 0 aromatic carbocycles. The van der Waals surface area contributed by atoms with E-state index in [1.54, 1.807) is 0 Å². The lowest BCUT2D eigenvalue weighted by Gasteiger charge is -2.53. The predicted octanol–water partition coefficient (Wildman–Crippen LogP) is 6.06. The number of Topliss-reactive ketones (excluding diaryl/α,β-unsaturated/α-hetero) is 1. The summed E-state index contributed by atoms with van der Waals surface area (Å²) in [5.74, 6) is 2.38. The van der Waals surface area contributed by atoms with Gasteiger partial charge in [-0.05, 0) is 61.6 Å². The van der Waals surface area contributed by atoms with Crippen LogP contribution in [0.25, 0.3) is 0 Å². The van der Waals surface area contributed by atoms with E-state index in [-0.39, 0.29) is 17.4 Å². The molecule has 24 heavy (non-hydrogen) atoms. The first-order valence-corrected chi connectivity index (χ1v) is 13.0. The first kappa shape index (κ1) is 20.2. The molecule has 1 spiro atoms. The van der Waals surface area contributed by atoms with Gasteiger partial charge < -0.3 is 4.43 Å². The van der Waals surface area contributed by atoms with Gasteiger partial charge in [-0.3, -0.25) is 4.79 Å². The molecule has 0 saturated heterocycles. The molecule has 0 amide bonds. The summed E-state index contributed by atoms with van der Waals surface area (Å²) in [6.07, 6.45) is 4.72. The zero-order valence-corrected chi connectivity index (χ0v) is 18.2. The Morgan fingerprint density at radius 1 is 1.08 bits per heavy atom. The third-order valence-electron chi connectivity index (χ3n) is 7.77. The van der Waals surface area contributed by atoms with Gasteiger partial charge in [-0.25, -0.2) is 0 Å². The fraction of sp³-hybridized carbons (Fsp3) is 0.952. The van der Waals surface area contributed by atoms with E-state index in [1.807, 2.05) is 0 Å². The summed E-state index contributed by atoms with van der Waals surface area (Å²) < 4.78 is 7.15. The van der Waals surface area contributed by atoms with Crippen molar-refractivity contribution in [3.63, 3.8) is 0 Å². The first-order valence-electron chi connectivity index (χ1n) is 10.5.